The lowest BCUT2D eigenvalue weighted by Crippen LogP contribution is -2.05. The van der Waals surface area contributed by atoms with Gasteiger partial charge in [0.05, 0.1) is 22.8 Å². The molecule has 0 spiro atoms. The smallest absolute Gasteiger partial charge is 0.333 e. The second kappa shape index (κ2) is 9.61. The molecule has 0 atom stereocenters. The van der Waals surface area contributed by atoms with Gasteiger partial charge in [-0.3, -0.25) is 4.79 Å². The van der Waals surface area contributed by atoms with Crippen molar-refractivity contribution in [3.05, 3.63) is 76.1 Å². The number of halogens is 7. The van der Waals surface area contributed by atoms with Gasteiger partial charge in [-0.15, -0.1) is 0 Å². The van der Waals surface area contributed by atoms with E-state index in [1.54, 1.807) is 6.07 Å². The highest BCUT2D eigenvalue weighted by Crippen LogP contribution is 2.32. The monoisotopic (exact) mass is 458 g/mol. The third-order valence-corrected chi connectivity index (χ3v) is 4.05. The summed E-state index contributed by atoms with van der Waals surface area (Å²) in [5, 5.41) is 8.28. The van der Waals surface area contributed by atoms with Gasteiger partial charge in [-0.1, -0.05) is 0 Å². The Morgan fingerprint density at radius 2 is 1.59 bits per heavy atom. The van der Waals surface area contributed by atoms with E-state index in [0.29, 0.717) is 6.20 Å². The number of benzene rings is 2. The van der Waals surface area contributed by atoms with E-state index in [4.69, 9.17) is 11.0 Å². The lowest BCUT2D eigenvalue weighted by Gasteiger charge is -2.07. The molecule has 0 radical (unpaired) electrons. The molecular formula is C20H13F7N4O. The van der Waals surface area contributed by atoms with Crippen LogP contribution in [0.3, 0.4) is 0 Å². The standard InChI is InChI=1S/C12H10F5N3.C8H3F2NO/c1-20-5-9(12(15,16)17)19-11(20)10-7(13)2-6(4-18)3-8(10)14;9-7-1-5(3-11)2-8(10)6(7)4-12/h2-3,5H,4,18H2,1H3;1-2,4H. The number of carbonyl (C=O) groups excluding carboxylic acids is 1. The Morgan fingerprint density at radius 1 is 1.06 bits per heavy atom. The summed E-state index contributed by atoms with van der Waals surface area (Å²) in [6.45, 7) is -0.0809. The number of imidazole rings is 1. The minimum atomic E-state index is -4.68. The van der Waals surface area contributed by atoms with E-state index in [9.17, 15) is 35.5 Å². The fourth-order valence-corrected chi connectivity index (χ4v) is 2.55. The van der Waals surface area contributed by atoms with E-state index in [2.05, 4.69) is 4.98 Å². The highest BCUT2D eigenvalue weighted by atomic mass is 19.4. The zero-order chi connectivity index (χ0) is 24.2. The maximum absolute atomic E-state index is 13.8. The number of hydrogen-bond donors (Lipinski definition) is 1. The molecule has 2 aromatic carbocycles. The van der Waals surface area contributed by atoms with Gasteiger partial charge in [0.15, 0.2) is 12.0 Å². The Labute approximate surface area is 176 Å². The molecule has 0 saturated carbocycles. The number of nitrogens with zero attached hydrogens (tertiary/aromatic N) is 3. The zero-order valence-corrected chi connectivity index (χ0v) is 16.1. The van der Waals surface area contributed by atoms with E-state index >= 15 is 0 Å². The third kappa shape index (κ3) is 5.30. The van der Waals surface area contributed by atoms with Crippen LogP contribution in [-0.2, 0) is 19.8 Å². The number of nitrogens with two attached hydrogens (primary N) is 1. The molecule has 5 nitrogen and oxygen atoms in total. The van der Waals surface area contributed by atoms with Gasteiger partial charge in [0, 0.05) is 19.8 Å². The summed E-state index contributed by atoms with van der Waals surface area (Å²) in [5.41, 5.74) is 2.86. The number of rotatable bonds is 3. The van der Waals surface area contributed by atoms with Crippen LogP contribution in [0.15, 0.2) is 30.5 Å². The van der Waals surface area contributed by atoms with Gasteiger partial charge < -0.3 is 10.3 Å². The van der Waals surface area contributed by atoms with E-state index in [1.807, 2.05) is 0 Å². The topological polar surface area (TPSA) is 84.7 Å². The number of carbonyl (C=O) groups is 1. The minimum absolute atomic E-state index is 0.0752. The molecule has 0 fully saturated rings. The average molecular weight is 458 g/mol. The minimum Gasteiger partial charge on any atom is -0.333 e. The molecule has 1 heterocycles. The van der Waals surface area contributed by atoms with Crippen LogP contribution in [0, 0.1) is 34.6 Å². The van der Waals surface area contributed by atoms with Crippen molar-refractivity contribution in [3.63, 3.8) is 0 Å². The fourth-order valence-electron chi connectivity index (χ4n) is 2.55. The number of alkyl halides is 3. The first kappa shape index (κ1) is 24.5. The number of aryl methyl sites for hydroxylation is 1. The van der Waals surface area contributed by atoms with E-state index in [0.717, 1.165) is 28.8 Å². The fraction of sp³-hybridized carbons (Fsp3) is 0.150. The Bertz CT molecular complexity index is 1150. The molecule has 1 aromatic heterocycles. The Hall–Kier alpha value is -3.72. The van der Waals surface area contributed by atoms with Crippen LogP contribution >= 0.6 is 0 Å². The SMILES string of the molecule is Cn1cc(C(F)(F)F)nc1-c1c(F)cc(CN)cc1F.N#Cc1cc(F)c(C=O)c(F)c1. The predicted octanol–water partition coefficient (Wildman–Crippen LogP) is 4.49. The van der Waals surface area contributed by atoms with Crippen molar-refractivity contribution in [2.24, 2.45) is 12.8 Å². The van der Waals surface area contributed by atoms with E-state index < -0.39 is 52.1 Å². The first-order valence-corrected chi connectivity index (χ1v) is 8.56. The Kier molecular flexibility index (Phi) is 7.37. The van der Waals surface area contributed by atoms with Crippen molar-refractivity contribution in [2.75, 3.05) is 0 Å². The molecule has 0 saturated heterocycles. The van der Waals surface area contributed by atoms with Crippen molar-refractivity contribution >= 4 is 6.29 Å². The van der Waals surface area contributed by atoms with Crippen molar-refractivity contribution in [2.45, 2.75) is 12.7 Å². The number of aldehydes is 1. The third-order valence-electron chi connectivity index (χ3n) is 4.05. The predicted molar refractivity (Wildman–Crippen MR) is 97.9 cm³/mol. The van der Waals surface area contributed by atoms with Crippen molar-refractivity contribution in [1.29, 1.82) is 5.26 Å². The zero-order valence-electron chi connectivity index (χ0n) is 16.1. The summed E-state index contributed by atoms with van der Waals surface area (Å²) in [7, 11) is 1.23. The van der Waals surface area contributed by atoms with Gasteiger partial charge in [0.1, 0.15) is 29.1 Å². The molecular weight excluding hydrogens is 445 g/mol. The Morgan fingerprint density at radius 3 is 1.97 bits per heavy atom. The molecule has 0 aliphatic heterocycles. The molecule has 32 heavy (non-hydrogen) atoms. The number of aromatic nitrogens is 2. The number of nitriles is 1. The highest BCUT2D eigenvalue weighted by Gasteiger charge is 2.35. The number of hydrogen-bond acceptors (Lipinski definition) is 4. The summed E-state index contributed by atoms with van der Waals surface area (Å²) >= 11 is 0. The summed E-state index contributed by atoms with van der Waals surface area (Å²) < 4.78 is 91.6. The summed E-state index contributed by atoms with van der Waals surface area (Å²) in [6.07, 6.45) is -3.93. The van der Waals surface area contributed by atoms with Crippen molar-refractivity contribution < 1.29 is 35.5 Å². The lowest BCUT2D eigenvalue weighted by atomic mass is 10.1. The van der Waals surface area contributed by atoms with Crippen LogP contribution in [0.5, 0.6) is 0 Å². The lowest BCUT2D eigenvalue weighted by molar-refractivity contribution is -0.140. The molecule has 168 valence electrons. The second-order valence-electron chi connectivity index (χ2n) is 6.28. The van der Waals surface area contributed by atoms with Crippen LogP contribution in [0.1, 0.15) is 27.2 Å². The summed E-state index contributed by atoms with van der Waals surface area (Å²) in [4.78, 5) is 13.3. The van der Waals surface area contributed by atoms with Crippen molar-refractivity contribution in [3.8, 4) is 17.5 Å². The van der Waals surface area contributed by atoms with Crippen LogP contribution in [0.4, 0.5) is 30.7 Å². The molecule has 12 heteroatoms. The molecule has 0 aliphatic rings. The second-order valence-corrected chi connectivity index (χ2v) is 6.28. The molecule has 0 aliphatic carbocycles. The van der Waals surface area contributed by atoms with Crippen molar-refractivity contribution in [1.82, 2.24) is 9.55 Å². The summed E-state index contributed by atoms with van der Waals surface area (Å²) in [6, 6.07) is 5.13. The van der Waals surface area contributed by atoms with Gasteiger partial charge in [-0.25, -0.2) is 22.5 Å². The molecule has 0 bridgehead atoms. The average Bonchev–Trinajstić information content (AvgIpc) is 3.09. The van der Waals surface area contributed by atoms with E-state index in [1.165, 1.54) is 7.05 Å². The van der Waals surface area contributed by atoms with Gasteiger partial charge in [0.2, 0.25) is 0 Å². The molecule has 3 rings (SSSR count). The van der Waals surface area contributed by atoms with Gasteiger partial charge in [-0.2, -0.15) is 18.4 Å². The molecule has 2 N–H and O–H groups in total. The first-order valence-electron chi connectivity index (χ1n) is 8.56. The molecule has 0 unspecified atom stereocenters. The largest absolute Gasteiger partial charge is 0.434 e. The quantitative estimate of drug-likeness (QED) is 0.463. The molecule has 0 amide bonds. The van der Waals surface area contributed by atoms with Gasteiger partial charge in [0.25, 0.3) is 0 Å². The molecule has 3 aromatic rings. The first-order chi connectivity index (χ1) is 14.9. The van der Waals surface area contributed by atoms with Crippen LogP contribution < -0.4 is 5.73 Å². The Balaban J connectivity index is 0.000000258. The van der Waals surface area contributed by atoms with Crippen LogP contribution in [-0.4, -0.2) is 15.8 Å². The maximum Gasteiger partial charge on any atom is 0.434 e. The summed E-state index contributed by atoms with van der Waals surface area (Å²) in [5.74, 6) is -4.47. The van der Waals surface area contributed by atoms with Crippen LogP contribution in [0.2, 0.25) is 0 Å². The maximum atomic E-state index is 13.8. The van der Waals surface area contributed by atoms with E-state index in [-0.39, 0.29) is 24.0 Å². The van der Waals surface area contributed by atoms with Gasteiger partial charge in [-0.05, 0) is 29.8 Å². The highest BCUT2D eigenvalue weighted by molar-refractivity contribution is 5.76. The normalized spacial score (nSPS) is 10.9. The van der Waals surface area contributed by atoms with Crippen LogP contribution in [0.25, 0.3) is 11.4 Å². The van der Waals surface area contributed by atoms with Gasteiger partial charge >= 0.3 is 6.18 Å².